The zero-order valence-electron chi connectivity index (χ0n) is 9.99. The lowest BCUT2D eigenvalue weighted by Crippen LogP contribution is -2.28. The Balaban J connectivity index is 2.02. The number of carbonyl (C=O) groups is 1. The van der Waals surface area contributed by atoms with Crippen LogP contribution in [0, 0.1) is 0 Å². The molecule has 5 heteroatoms. The average molecular weight is 291 g/mol. The molecule has 2 aromatic rings. The molecule has 3 rings (SSSR count). The molecule has 2 heterocycles. The van der Waals surface area contributed by atoms with E-state index in [1.165, 1.54) is 0 Å². The summed E-state index contributed by atoms with van der Waals surface area (Å²) in [6.45, 7) is 0. The van der Waals surface area contributed by atoms with E-state index in [1.54, 1.807) is 22.9 Å². The minimum atomic E-state index is -0.101. The second-order valence-corrected chi connectivity index (χ2v) is 5.61. The molecule has 1 unspecified atom stereocenters. The number of amides is 1. The van der Waals surface area contributed by atoms with Gasteiger partial charge in [0.2, 0.25) is 5.91 Å². The number of hydrogen-bond acceptors (Lipinski definition) is 3. The number of pyridine rings is 1. The summed E-state index contributed by atoms with van der Waals surface area (Å²) >= 11 is 7.81. The maximum Gasteiger partial charge on any atom is 0.239 e. The van der Waals surface area contributed by atoms with E-state index in [4.69, 9.17) is 11.6 Å². The number of thioether (sulfide) groups is 1. The molecular weight excluding hydrogens is 280 g/mol. The lowest BCUT2D eigenvalue weighted by Gasteiger charge is -2.23. The molecule has 1 saturated heterocycles. The number of nitrogens with zero attached hydrogens (tertiary/aromatic N) is 2. The molecule has 0 radical (unpaired) electrons. The second kappa shape index (κ2) is 5.23. The van der Waals surface area contributed by atoms with Crippen LogP contribution in [0.3, 0.4) is 0 Å². The van der Waals surface area contributed by atoms with Crippen molar-refractivity contribution in [3.63, 3.8) is 0 Å². The van der Waals surface area contributed by atoms with Crippen LogP contribution >= 0.6 is 23.4 Å². The van der Waals surface area contributed by atoms with Crippen LogP contribution < -0.4 is 4.90 Å². The fourth-order valence-electron chi connectivity index (χ4n) is 2.07. The van der Waals surface area contributed by atoms with Gasteiger partial charge in [-0.2, -0.15) is 0 Å². The molecule has 0 N–H and O–H groups in total. The number of rotatable bonds is 2. The van der Waals surface area contributed by atoms with Crippen LogP contribution in [0.5, 0.6) is 0 Å². The van der Waals surface area contributed by atoms with E-state index in [-0.39, 0.29) is 11.3 Å². The van der Waals surface area contributed by atoms with Gasteiger partial charge in [-0.15, -0.1) is 11.8 Å². The van der Waals surface area contributed by atoms with Crippen molar-refractivity contribution in [2.45, 2.75) is 5.37 Å². The first-order chi connectivity index (χ1) is 9.27. The Morgan fingerprint density at radius 3 is 2.74 bits per heavy atom. The maximum atomic E-state index is 12.1. The standard InChI is InChI=1S/C14H11ClN2OS/c15-11-6-2-1-5-10(11)14-17(13(18)9-19-14)12-7-3-4-8-16-12/h1-8,14H,9H2. The number of carbonyl (C=O) groups excluding carboxylic acids is 1. The molecule has 1 aliphatic heterocycles. The van der Waals surface area contributed by atoms with Crippen molar-refractivity contribution in [2.24, 2.45) is 0 Å². The van der Waals surface area contributed by atoms with Crippen molar-refractivity contribution < 1.29 is 4.79 Å². The lowest BCUT2D eigenvalue weighted by atomic mass is 10.2. The van der Waals surface area contributed by atoms with Crippen molar-refractivity contribution >= 4 is 35.1 Å². The summed E-state index contributed by atoms with van der Waals surface area (Å²) in [7, 11) is 0. The molecular formula is C14H11ClN2OS. The SMILES string of the molecule is O=C1CSC(c2ccccc2Cl)N1c1ccccn1. The van der Waals surface area contributed by atoms with Crippen molar-refractivity contribution in [2.75, 3.05) is 10.7 Å². The summed E-state index contributed by atoms with van der Waals surface area (Å²) in [5.74, 6) is 1.18. The molecule has 3 nitrogen and oxygen atoms in total. The molecule has 96 valence electrons. The van der Waals surface area contributed by atoms with Gasteiger partial charge < -0.3 is 0 Å². The number of anilines is 1. The summed E-state index contributed by atoms with van der Waals surface area (Å²) in [6, 6.07) is 13.2. The van der Waals surface area contributed by atoms with Gasteiger partial charge in [0.25, 0.3) is 0 Å². The third kappa shape index (κ3) is 2.33. The minimum Gasteiger partial charge on any atom is -0.279 e. The fraction of sp³-hybridized carbons (Fsp3) is 0.143. The molecule has 0 spiro atoms. The second-order valence-electron chi connectivity index (χ2n) is 4.14. The molecule has 0 bridgehead atoms. The molecule has 1 atom stereocenters. The maximum absolute atomic E-state index is 12.1. The summed E-state index contributed by atoms with van der Waals surface area (Å²) < 4.78 is 0. The predicted octanol–water partition coefficient (Wildman–Crippen LogP) is 3.51. The van der Waals surface area contributed by atoms with Gasteiger partial charge in [-0.25, -0.2) is 4.98 Å². The highest BCUT2D eigenvalue weighted by atomic mass is 35.5. The molecule has 1 fully saturated rings. The highest BCUT2D eigenvalue weighted by Crippen LogP contribution is 2.43. The van der Waals surface area contributed by atoms with E-state index in [9.17, 15) is 4.79 Å². The largest absolute Gasteiger partial charge is 0.279 e. The van der Waals surface area contributed by atoms with Crippen LogP contribution in [-0.2, 0) is 4.79 Å². The number of aromatic nitrogens is 1. The van der Waals surface area contributed by atoms with E-state index in [1.807, 2.05) is 42.5 Å². The first-order valence-electron chi connectivity index (χ1n) is 5.86. The average Bonchev–Trinajstić information content (AvgIpc) is 2.82. The van der Waals surface area contributed by atoms with Crippen molar-refractivity contribution in [3.05, 3.63) is 59.2 Å². The van der Waals surface area contributed by atoms with Gasteiger partial charge in [-0.1, -0.05) is 35.9 Å². The first-order valence-corrected chi connectivity index (χ1v) is 7.29. The zero-order chi connectivity index (χ0) is 13.2. The topological polar surface area (TPSA) is 33.2 Å². The number of benzene rings is 1. The van der Waals surface area contributed by atoms with Gasteiger partial charge in [-0.3, -0.25) is 9.69 Å². The third-order valence-electron chi connectivity index (χ3n) is 2.94. The molecule has 1 amide bonds. The monoisotopic (exact) mass is 290 g/mol. The summed E-state index contributed by atoms with van der Waals surface area (Å²) in [5, 5.41) is 0.576. The lowest BCUT2D eigenvalue weighted by molar-refractivity contribution is -0.115. The van der Waals surface area contributed by atoms with Crippen molar-refractivity contribution in [1.82, 2.24) is 4.98 Å². The number of halogens is 1. The van der Waals surface area contributed by atoms with Gasteiger partial charge in [0, 0.05) is 16.8 Å². The Kier molecular flexibility index (Phi) is 3.44. The summed E-state index contributed by atoms with van der Waals surface area (Å²) in [4.78, 5) is 18.1. The van der Waals surface area contributed by atoms with Crippen molar-refractivity contribution in [1.29, 1.82) is 0 Å². The highest BCUT2D eigenvalue weighted by Gasteiger charge is 2.35. The van der Waals surface area contributed by atoms with E-state index >= 15 is 0 Å². The van der Waals surface area contributed by atoms with Crippen LogP contribution in [0.25, 0.3) is 0 Å². The molecule has 0 saturated carbocycles. The van der Waals surface area contributed by atoms with Gasteiger partial charge >= 0.3 is 0 Å². The minimum absolute atomic E-state index is 0.0635. The zero-order valence-corrected chi connectivity index (χ0v) is 11.6. The summed E-state index contributed by atoms with van der Waals surface area (Å²) in [6.07, 6.45) is 1.69. The molecule has 1 aromatic heterocycles. The highest BCUT2D eigenvalue weighted by molar-refractivity contribution is 8.00. The molecule has 0 aliphatic carbocycles. The van der Waals surface area contributed by atoms with E-state index in [2.05, 4.69) is 4.98 Å². The van der Waals surface area contributed by atoms with E-state index in [0.29, 0.717) is 16.6 Å². The molecule has 19 heavy (non-hydrogen) atoms. The Hall–Kier alpha value is -1.52. The third-order valence-corrected chi connectivity index (χ3v) is 4.47. The Bertz CT molecular complexity index is 605. The Morgan fingerprint density at radius 1 is 1.21 bits per heavy atom. The quantitative estimate of drug-likeness (QED) is 0.848. The smallest absolute Gasteiger partial charge is 0.239 e. The molecule has 1 aromatic carbocycles. The van der Waals surface area contributed by atoms with Gasteiger partial charge in [0.15, 0.2) is 0 Å². The van der Waals surface area contributed by atoms with Crippen LogP contribution in [0.15, 0.2) is 48.7 Å². The van der Waals surface area contributed by atoms with E-state index < -0.39 is 0 Å². The van der Waals surface area contributed by atoms with Crippen molar-refractivity contribution in [3.8, 4) is 0 Å². The van der Waals surface area contributed by atoms with Crippen LogP contribution in [-0.4, -0.2) is 16.6 Å². The van der Waals surface area contributed by atoms with Crippen LogP contribution in [0.2, 0.25) is 5.02 Å². The Labute approximate surface area is 120 Å². The Morgan fingerprint density at radius 2 is 2.00 bits per heavy atom. The molecule has 1 aliphatic rings. The van der Waals surface area contributed by atoms with Crippen LogP contribution in [0.1, 0.15) is 10.9 Å². The van der Waals surface area contributed by atoms with Gasteiger partial charge in [-0.05, 0) is 18.2 Å². The number of hydrogen-bond donors (Lipinski definition) is 0. The van der Waals surface area contributed by atoms with Crippen LogP contribution in [0.4, 0.5) is 5.82 Å². The van der Waals surface area contributed by atoms with E-state index in [0.717, 1.165) is 5.56 Å². The van der Waals surface area contributed by atoms with Gasteiger partial charge in [0.05, 0.1) is 5.75 Å². The fourth-order valence-corrected chi connectivity index (χ4v) is 3.58. The normalized spacial score (nSPS) is 18.9. The summed E-state index contributed by atoms with van der Waals surface area (Å²) in [5.41, 5.74) is 0.950. The predicted molar refractivity (Wildman–Crippen MR) is 78.4 cm³/mol. The first kappa shape index (κ1) is 12.5. The van der Waals surface area contributed by atoms with Gasteiger partial charge in [0.1, 0.15) is 11.2 Å².